The molecule has 5 rings (SSSR count). The number of quaternary nitrogens is 2. The minimum atomic E-state index is -0.0360. The molecule has 5 aliphatic rings. The number of fused-ring (bicyclic) bond motifs is 1. The van der Waals surface area contributed by atoms with Crippen molar-refractivity contribution in [3.63, 3.8) is 0 Å². The van der Waals surface area contributed by atoms with Gasteiger partial charge in [0.15, 0.2) is 0 Å². The van der Waals surface area contributed by atoms with E-state index in [2.05, 4.69) is 32.4 Å². The molecule has 5 fully saturated rings. The molecule has 4 heterocycles. The normalized spacial score (nSPS) is 38.9. The molecule has 0 aromatic rings. The molecule has 0 aromatic carbocycles. The molecule has 8 nitrogen and oxygen atoms in total. The molecule has 9 heteroatoms. The van der Waals surface area contributed by atoms with Crippen molar-refractivity contribution >= 4 is 23.4 Å². The van der Waals surface area contributed by atoms with E-state index in [0.29, 0.717) is 48.4 Å². The molecule has 1 aliphatic carbocycles. The molecule has 0 bridgehead atoms. The van der Waals surface area contributed by atoms with E-state index in [4.69, 9.17) is 11.6 Å². The molecule has 4 N–H and O–H groups in total. The summed E-state index contributed by atoms with van der Waals surface area (Å²) in [5.41, 5.74) is 0. The van der Waals surface area contributed by atoms with Crippen LogP contribution >= 0.6 is 11.6 Å². The van der Waals surface area contributed by atoms with Crippen molar-refractivity contribution in [3.05, 3.63) is 0 Å². The van der Waals surface area contributed by atoms with Crippen molar-refractivity contribution < 1.29 is 19.8 Å². The fraction of sp³-hybridized carbons (Fsp3) is 0.926. The fourth-order valence-corrected chi connectivity index (χ4v) is 8.15. The van der Waals surface area contributed by atoms with Gasteiger partial charge in [0.05, 0.1) is 20.1 Å². The van der Waals surface area contributed by atoms with Crippen LogP contribution in [0.1, 0.15) is 64.2 Å². The molecule has 7 atom stereocenters. The van der Waals surface area contributed by atoms with Crippen molar-refractivity contribution in [1.29, 1.82) is 0 Å². The lowest BCUT2D eigenvalue weighted by Crippen LogP contribution is -3.18. The van der Waals surface area contributed by atoms with Gasteiger partial charge < -0.3 is 20.4 Å². The van der Waals surface area contributed by atoms with Crippen LogP contribution in [-0.4, -0.2) is 116 Å². The number of nitrogens with zero attached hydrogens (tertiary/aromatic N) is 3. The maximum atomic E-state index is 13.2. The predicted octanol–water partition coefficient (Wildman–Crippen LogP) is -0.762. The topological polar surface area (TPSA) is 76.9 Å². The number of rotatable bonds is 6. The Balaban J connectivity index is 1.10. The van der Waals surface area contributed by atoms with E-state index in [1.54, 1.807) is 0 Å². The first kappa shape index (κ1) is 26.7. The number of nitrogens with two attached hydrogens (primary N) is 1. The molecule has 4 aliphatic heterocycles. The summed E-state index contributed by atoms with van der Waals surface area (Å²) in [7, 11) is 2.26. The Morgan fingerprint density at radius 2 is 1.92 bits per heavy atom. The van der Waals surface area contributed by atoms with Crippen LogP contribution in [0.25, 0.3) is 0 Å². The summed E-state index contributed by atoms with van der Waals surface area (Å²) in [4.78, 5) is 34.8. The highest BCUT2D eigenvalue weighted by molar-refractivity contribution is 6.20. The van der Waals surface area contributed by atoms with Gasteiger partial charge in [-0.25, -0.2) is 0 Å². The van der Waals surface area contributed by atoms with Gasteiger partial charge in [-0.05, 0) is 38.0 Å². The number of carbonyl (C=O) groups excluding carboxylic acids is 2. The van der Waals surface area contributed by atoms with E-state index < -0.39 is 0 Å². The zero-order chi connectivity index (χ0) is 25.1. The highest BCUT2D eigenvalue weighted by atomic mass is 35.5. The van der Waals surface area contributed by atoms with E-state index in [1.807, 2.05) is 0 Å². The van der Waals surface area contributed by atoms with Crippen molar-refractivity contribution in [3.8, 4) is 0 Å². The number of amides is 2. The largest absolute Gasteiger partial charge is 0.349 e. The SMILES string of the molecule is C[NH+]1C(CCC(=O)N2CCN(C3CCCC[NH2+]3)CC2)CNC(=O)C2C1CCN2CC1CCCC(Cl)C1. The van der Waals surface area contributed by atoms with Gasteiger partial charge in [0.2, 0.25) is 11.8 Å². The molecule has 204 valence electrons. The third kappa shape index (κ3) is 6.20. The first-order valence-corrected chi connectivity index (χ1v) is 15.3. The summed E-state index contributed by atoms with van der Waals surface area (Å²) in [5, 5.41) is 6.04. The maximum Gasteiger partial charge on any atom is 0.243 e. The highest BCUT2D eigenvalue weighted by Crippen LogP contribution is 2.30. The Hall–Kier alpha value is -0.930. The number of piperidine rings is 1. The molecule has 7 unspecified atom stereocenters. The number of halogens is 1. The number of piperazine rings is 1. The number of hydrogen-bond donors (Lipinski definition) is 3. The average molecular weight is 525 g/mol. The Kier molecular flexibility index (Phi) is 9.10. The van der Waals surface area contributed by atoms with Crippen LogP contribution in [0.4, 0.5) is 0 Å². The summed E-state index contributed by atoms with van der Waals surface area (Å²) in [6, 6.07) is 0.581. The van der Waals surface area contributed by atoms with Gasteiger partial charge in [0, 0.05) is 70.3 Å². The number of hydrogen-bond acceptors (Lipinski definition) is 4. The van der Waals surface area contributed by atoms with Crippen LogP contribution in [0.5, 0.6) is 0 Å². The average Bonchev–Trinajstić information content (AvgIpc) is 3.27. The van der Waals surface area contributed by atoms with Crippen LogP contribution in [0, 0.1) is 5.92 Å². The lowest BCUT2D eigenvalue weighted by Gasteiger charge is -2.39. The van der Waals surface area contributed by atoms with Crippen LogP contribution < -0.4 is 15.5 Å². The van der Waals surface area contributed by atoms with E-state index in [0.717, 1.165) is 65.0 Å². The quantitative estimate of drug-likeness (QED) is 0.399. The zero-order valence-corrected chi connectivity index (χ0v) is 23.1. The number of carbonyl (C=O) groups is 2. The molecule has 2 amide bonds. The lowest BCUT2D eigenvalue weighted by atomic mass is 9.88. The van der Waals surface area contributed by atoms with Gasteiger partial charge in [0.1, 0.15) is 24.3 Å². The predicted molar refractivity (Wildman–Crippen MR) is 141 cm³/mol. The third-order valence-electron chi connectivity index (χ3n) is 9.97. The minimum Gasteiger partial charge on any atom is -0.349 e. The van der Waals surface area contributed by atoms with Gasteiger partial charge >= 0.3 is 0 Å². The van der Waals surface area contributed by atoms with E-state index in [-0.39, 0.29) is 11.9 Å². The number of nitrogens with one attached hydrogen (secondary N) is 2. The van der Waals surface area contributed by atoms with Gasteiger partial charge in [-0.3, -0.25) is 19.4 Å². The lowest BCUT2D eigenvalue weighted by molar-refractivity contribution is -0.928. The van der Waals surface area contributed by atoms with E-state index in [9.17, 15) is 9.59 Å². The Morgan fingerprint density at radius 1 is 1.08 bits per heavy atom. The second-order valence-corrected chi connectivity index (χ2v) is 12.8. The van der Waals surface area contributed by atoms with E-state index >= 15 is 0 Å². The molecule has 0 radical (unpaired) electrons. The van der Waals surface area contributed by atoms with E-state index in [1.165, 1.54) is 43.5 Å². The summed E-state index contributed by atoms with van der Waals surface area (Å²) >= 11 is 6.45. The van der Waals surface area contributed by atoms with Crippen molar-refractivity contribution in [2.24, 2.45) is 5.92 Å². The summed E-state index contributed by atoms with van der Waals surface area (Å²) < 4.78 is 0. The smallest absolute Gasteiger partial charge is 0.243 e. The Labute approximate surface area is 222 Å². The number of alkyl halides is 1. The first-order valence-electron chi connectivity index (χ1n) is 14.8. The monoisotopic (exact) mass is 524 g/mol. The van der Waals surface area contributed by atoms with Crippen LogP contribution in [-0.2, 0) is 9.59 Å². The molecule has 4 saturated heterocycles. The maximum absolute atomic E-state index is 13.2. The Morgan fingerprint density at radius 3 is 2.67 bits per heavy atom. The summed E-state index contributed by atoms with van der Waals surface area (Å²) in [6.45, 7) is 7.64. The number of likely N-dealkylation sites (tertiary alicyclic amines) is 1. The third-order valence-corrected chi connectivity index (χ3v) is 10.4. The van der Waals surface area contributed by atoms with Gasteiger partial charge in [0.25, 0.3) is 0 Å². The molecular weight excluding hydrogens is 476 g/mol. The minimum absolute atomic E-state index is 0.0360. The Bertz CT molecular complexity index is 757. The van der Waals surface area contributed by atoms with Gasteiger partial charge in [-0.2, -0.15) is 0 Å². The summed E-state index contributed by atoms with van der Waals surface area (Å²) in [6.07, 6.45) is 11.7. The van der Waals surface area contributed by atoms with Gasteiger partial charge in [-0.1, -0.05) is 6.42 Å². The van der Waals surface area contributed by atoms with Crippen LogP contribution in [0.3, 0.4) is 0 Å². The molecule has 0 spiro atoms. The summed E-state index contributed by atoms with van der Waals surface area (Å²) in [5.74, 6) is 1.10. The molecule has 0 aromatic heterocycles. The molecule has 36 heavy (non-hydrogen) atoms. The fourth-order valence-electron chi connectivity index (χ4n) is 7.75. The van der Waals surface area contributed by atoms with Crippen LogP contribution in [0.15, 0.2) is 0 Å². The van der Waals surface area contributed by atoms with Crippen LogP contribution in [0.2, 0.25) is 0 Å². The first-order chi connectivity index (χ1) is 17.5. The number of likely N-dealkylation sites (N-methyl/N-ethyl adjacent to an activating group) is 1. The highest BCUT2D eigenvalue weighted by Gasteiger charge is 2.48. The molecule has 1 saturated carbocycles. The van der Waals surface area contributed by atoms with Gasteiger partial charge in [-0.15, -0.1) is 11.6 Å². The van der Waals surface area contributed by atoms with Crippen molar-refractivity contribution in [1.82, 2.24) is 20.0 Å². The second-order valence-electron chi connectivity index (χ2n) is 12.2. The van der Waals surface area contributed by atoms with Crippen molar-refractivity contribution in [2.45, 2.75) is 93.9 Å². The zero-order valence-electron chi connectivity index (χ0n) is 22.3. The molecular formula is C27H49ClN6O2+2. The van der Waals surface area contributed by atoms with Crippen molar-refractivity contribution in [2.75, 3.05) is 59.4 Å². The second kappa shape index (κ2) is 12.3. The standard InChI is InChI=1S/C27H47ClN6O2/c1-31-22(8-9-25(35)33-15-13-32(14-16-33)24-7-2-3-11-29-24)18-30-27(36)26-23(31)10-12-34(26)19-20-5-4-6-21(28)17-20/h20-24,26,29H,2-19H2,1H3,(H,30,36)/p+2.